The van der Waals surface area contributed by atoms with E-state index < -0.39 is 10.0 Å². The summed E-state index contributed by atoms with van der Waals surface area (Å²) in [7, 11) is -3.73. The maximum absolute atomic E-state index is 12.8. The predicted octanol–water partition coefficient (Wildman–Crippen LogP) is 4.18. The van der Waals surface area contributed by atoms with Crippen LogP contribution in [0.1, 0.15) is 5.56 Å². The molecule has 1 aromatic heterocycles. The van der Waals surface area contributed by atoms with Gasteiger partial charge in [0.05, 0.1) is 21.1 Å². The van der Waals surface area contributed by atoms with Crippen LogP contribution in [0.3, 0.4) is 0 Å². The molecular formula is C15H12BrClN2O2S. The Balaban J connectivity index is 2.30. The molecule has 0 spiro atoms. The average Bonchev–Trinajstić information content (AvgIpc) is 2.78. The highest BCUT2D eigenvalue weighted by atomic mass is 79.9. The molecular weight excluding hydrogens is 388 g/mol. The molecule has 0 radical (unpaired) electrons. The molecule has 0 unspecified atom stereocenters. The van der Waals surface area contributed by atoms with Gasteiger partial charge < -0.3 is 5.73 Å². The fourth-order valence-corrected chi connectivity index (χ4v) is 4.11. The molecule has 22 heavy (non-hydrogen) atoms. The molecule has 0 fully saturated rings. The topological polar surface area (TPSA) is 65.1 Å². The third-order valence-corrected chi connectivity index (χ3v) is 6.31. The maximum atomic E-state index is 12.8. The quantitative estimate of drug-likeness (QED) is 0.703. The molecule has 1 heterocycles. The van der Waals surface area contributed by atoms with Crippen LogP contribution in [-0.2, 0) is 10.0 Å². The molecule has 0 amide bonds. The molecule has 2 N–H and O–H groups in total. The molecule has 0 aliphatic carbocycles. The van der Waals surface area contributed by atoms with Crippen LogP contribution in [0.2, 0.25) is 5.02 Å². The number of nitrogen functional groups attached to an aromatic ring is 1. The Bertz CT molecular complexity index is 979. The Labute approximate surface area is 141 Å². The van der Waals surface area contributed by atoms with E-state index in [0.717, 1.165) is 5.56 Å². The summed E-state index contributed by atoms with van der Waals surface area (Å²) in [5.74, 6) is 0. The van der Waals surface area contributed by atoms with Crippen molar-refractivity contribution in [2.75, 3.05) is 5.73 Å². The van der Waals surface area contributed by atoms with Crippen LogP contribution < -0.4 is 5.73 Å². The van der Waals surface area contributed by atoms with Gasteiger partial charge in [0.25, 0.3) is 10.0 Å². The van der Waals surface area contributed by atoms with Gasteiger partial charge in [-0.1, -0.05) is 29.3 Å². The van der Waals surface area contributed by atoms with Crippen LogP contribution in [0, 0.1) is 6.92 Å². The number of nitrogens with zero attached hydrogens (tertiary/aromatic N) is 1. The second-order valence-electron chi connectivity index (χ2n) is 4.98. The van der Waals surface area contributed by atoms with Crippen molar-refractivity contribution in [3.63, 3.8) is 0 Å². The van der Waals surface area contributed by atoms with E-state index in [0.29, 0.717) is 26.1 Å². The third-order valence-electron chi connectivity index (χ3n) is 3.42. The zero-order chi connectivity index (χ0) is 16.1. The van der Waals surface area contributed by atoms with Crippen molar-refractivity contribution in [1.29, 1.82) is 0 Å². The lowest BCUT2D eigenvalue weighted by Gasteiger charge is -2.08. The van der Waals surface area contributed by atoms with Gasteiger partial charge in [-0.25, -0.2) is 12.4 Å². The minimum atomic E-state index is -3.73. The van der Waals surface area contributed by atoms with E-state index in [4.69, 9.17) is 17.3 Å². The first-order valence-electron chi connectivity index (χ1n) is 6.38. The van der Waals surface area contributed by atoms with Gasteiger partial charge in [-0.2, -0.15) is 0 Å². The first-order valence-corrected chi connectivity index (χ1v) is 8.99. The van der Waals surface area contributed by atoms with Gasteiger partial charge in [0, 0.05) is 16.1 Å². The summed E-state index contributed by atoms with van der Waals surface area (Å²) in [4.78, 5) is 0.203. The lowest BCUT2D eigenvalue weighted by atomic mass is 10.2. The highest BCUT2D eigenvalue weighted by Crippen LogP contribution is 2.34. The molecule has 0 saturated carbocycles. The molecule has 3 aromatic rings. The predicted molar refractivity (Wildman–Crippen MR) is 92.8 cm³/mol. The molecule has 0 aliphatic rings. The summed E-state index contributed by atoms with van der Waals surface area (Å²) in [6, 6.07) is 9.97. The molecule has 0 bridgehead atoms. The molecule has 3 rings (SSSR count). The highest BCUT2D eigenvalue weighted by molar-refractivity contribution is 9.10. The van der Waals surface area contributed by atoms with Gasteiger partial charge in [0.15, 0.2) is 0 Å². The summed E-state index contributed by atoms with van der Waals surface area (Å²) >= 11 is 9.41. The van der Waals surface area contributed by atoms with Crippen molar-refractivity contribution in [3.05, 3.63) is 57.7 Å². The fraction of sp³-hybridized carbons (Fsp3) is 0.0667. The highest BCUT2D eigenvalue weighted by Gasteiger charge is 2.21. The summed E-state index contributed by atoms with van der Waals surface area (Å²) in [6.07, 6.45) is 1.41. The molecule has 0 atom stereocenters. The van der Waals surface area contributed by atoms with Crippen molar-refractivity contribution in [1.82, 2.24) is 3.97 Å². The number of hydrogen-bond donors (Lipinski definition) is 1. The van der Waals surface area contributed by atoms with Crippen molar-refractivity contribution in [3.8, 4) is 0 Å². The van der Waals surface area contributed by atoms with Crippen molar-refractivity contribution < 1.29 is 8.42 Å². The number of nitrogens with two attached hydrogens (primary N) is 1. The SMILES string of the molecule is Cc1ccc(S(=O)(=O)n2cc(N)c3cc(Br)c(Cl)cc32)cc1. The van der Waals surface area contributed by atoms with Crippen molar-refractivity contribution in [2.45, 2.75) is 11.8 Å². The minimum absolute atomic E-state index is 0.203. The van der Waals surface area contributed by atoms with Gasteiger partial charge >= 0.3 is 0 Å². The minimum Gasteiger partial charge on any atom is -0.397 e. The molecule has 0 saturated heterocycles. The number of fused-ring (bicyclic) bond motifs is 1. The average molecular weight is 400 g/mol. The van der Waals surface area contributed by atoms with Gasteiger partial charge in [0.2, 0.25) is 0 Å². The van der Waals surface area contributed by atoms with E-state index in [9.17, 15) is 8.42 Å². The van der Waals surface area contributed by atoms with Crippen molar-refractivity contribution in [2.24, 2.45) is 0 Å². The van der Waals surface area contributed by atoms with Gasteiger partial charge in [0.1, 0.15) is 0 Å². The van der Waals surface area contributed by atoms with E-state index >= 15 is 0 Å². The second kappa shape index (κ2) is 5.30. The molecule has 2 aromatic carbocycles. The Morgan fingerprint density at radius 3 is 2.45 bits per heavy atom. The first kappa shape index (κ1) is 15.4. The summed E-state index contributed by atoms with van der Waals surface area (Å²) < 4.78 is 27.5. The number of aromatic nitrogens is 1. The van der Waals surface area contributed by atoms with Crippen LogP contribution >= 0.6 is 27.5 Å². The van der Waals surface area contributed by atoms with Crippen LogP contribution in [0.4, 0.5) is 5.69 Å². The smallest absolute Gasteiger partial charge is 0.268 e. The molecule has 7 heteroatoms. The van der Waals surface area contributed by atoms with E-state index in [1.165, 1.54) is 10.2 Å². The number of anilines is 1. The zero-order valence-corrected chi connectivity index (χ0v) is 14.7. The summed E-state index contributed by atoms with van der Waals surface area (Å²) in [6.45, 7) is 1.90. The normalized spacial score (nSPS) is 12.0. The van der Waals surface area contributed by atoms with E-state index in [1.807, 2.05) is 6.92 Å². The van der Waals surface area contributed by atoms with Gasteiger partial charge in [-0.15, -0.1) is 0 Å². The largest absolute Gasteiger partial charge is 0.397 e. The lowest BCUT2D eigenvalue weighted by molar-refractivity contribution is 0.589. The van der Waals surface area contributed by atoms with E-state index in [1.54, 1.807) is 36.4 Å². The number of halogens is 2. The fourth-order valence-electron chi connectivity index (χ4n) is 2.24. The first-order chi connectivity index (χ1) is 10.3. The van der Waals surface area contributed by atoms with E-state index in [-0.39, 0.29) is 4.90 Å². The Morgan fingerprint density at radius 2 is 1.82 bits per heavy atom. The zero-order valence-electron chi connectivity index (χ0n) is 11.5. The van der Waals surface area contributed by atoms with Crippen LogP contribution in [0.5, 0.6) is 0 Å². The van der Waals surface area contributed by atoms with Gasteiger partial charge in [-0.3, -0.25) is 0 Å². The Kier molecular flexibility index (Phi) is 3.71. The van der Waals surface area contributed by atoms with Gasteiger partial charge in [-0.05, 0) is 47.1 Å². The Morgan fingerprint density at radius 1 is 1.18 bits per heavy atom. The van der Waals surface area contributed by atoms with Crippen LogP contribution in [0.25, 0.3) is 10.9 Å². The second-order valence-corrected chi connectivity index (χ2v) is 8.06. The third kappa shape index (κ3) is 2.41. The maximum Gasteiger partial charge on any atom is 0.268 e. The lowest BCUT2D eigenvalue weighted by Crippen LogP contribution is -2.11. The summed E-state index contributed by atoms with van der Waals surface area (Å²) in [5.41, 5.74) is 7.76. The van der Waals surface area contributed by atoms with Crippen LogP contribution in [0.15, 0.2) is 52.0 Å². The number of aryl methyl sites for hydroxylation is 1. The van der Waals surface area contributed by atoms with Crippen LogP contribution in [-0.4, -0.2) is 12.4 Å². The molecule has 114 valence electrons. The summed E-state index contributed by atoms with van der Waals surface area (Å²) in [5, 5.41) is 1.05. The standard InChI is InChI=1S/C15H12BrClN2O2S/c1-9-2-4-10(5-3-9)22(20,21)19-8-14(18)11-6-12(16)13(17)7-15(11)19/h2-8H,18H2,1H3. The van der Waals surface area contributed by atoms with Crippen molar-refractivity contribution >= 4 is 54.1 Å². The molecule has 4 nitrogen and oxygen atoms in total. The van der Waals surface area contributed by atoms with E-state index in [2.05, 4.69) is 15.9 Å². The number of benzene rings is 2. The number of hydrogen-bond acceptors (Lipinski definition) is 3. The number of rotatable bonds is 2. The monoisotopic (exact) mass is 398 g/mol. The molecule has 0 aliphatic heterocycles. The Hall–Kier alpha value is -1.50.